The predicted molar refractivity (Wildman–Crippen MR) is 141 cm³/mol. The lowest BCUT2D eigenvalue weighted by Crippen LogP contribution is -2.50. The lowest BCUT2D eigenvalue weighted by molar-refractivity contribution is 0.0371. The molecule has 0 aliphatic carbocycles. The summed E-state index contributed by atoms with van der Waals surface area (Å²) in [7, 11) is -0.351. The van der Waals surface area contributed by atoms with Crippen molar-refractivity contribution < 1.29 is 32.6 Å². The van der Waals surface area contributed by atoms with Crippen molar-refractivity contribution in [2.45, 2.75) is 26.0 Å². The van der Waals surface area contributed by atoms with Crippen molar-refractivity contribution in [1.29, 1.82) is 0 Å². The Labute approximate surface area is 217 Å². The van der Waals surface area contributed by atoms with Gasteiger partial charge < -0.3 is 29.7 Å². The van der Waals surface area contributed by atoms with Crippen molar-refractivity contribution >= 4 is 33.3 Å². The van der Waals surface area contributed by atoms with Crippen LogP contribution >= 0.6 is 0 Å². The van der Waals surface area contributed by atoms with E-state index >= 15 is 0 Å². The highest BCUT2D eigenvalue weighted by Crippen LogP contribution is 2.31. The molecule has 0 radical (unpaired) electrons. The van der Waals surface area contributed by atoms with E-state index in [0.29, 0.717) is 11.4 Å². The van der Waals surface area contributed by atoms with E-state index in [0.717, 1.165) is 6.26 Å². The maximum atomic E-state index is 13.4. The summed E-state index contributed by atoms with van der Waals surface area (Å²) >= 11 is 0. The number of ether oxygens (including phenoxy) is 2. The number of hydrogen-bond acceptors (Lipinski definition) is 7. The van der Waals surface area contributed by atoms with E-state index in [-0.39, 0.29) is 54.6 Å². The summed E-state index contributed by atoms with van der Waals surface area (Å²) in [5.74, 6) is 0.355. The normalized spacial score (nSPS) is 18.5. The lowest BCUT2D eigenvalue weighted by atomic mass is 9.99. The molecule has 0 unspecified atom stereocenters. The number of hydrogen-bond donors (Lipinski definition) is 3. The Morgan fingerprint density at radius 3 is 2.49 bits per heavy atom. The monoisotopic (exact) mass is 534 g/mol. The number of carbonyl (C=O) groups excluding carboxylic acids is 2. The van der Waals surface area contributed by atoms with Gasteiger partial charge in [-0.25, -0.2) is 13.2 Å². The van der Waals surface area contributed by atoms with Crippen LogP contribution < -0.4 is 19.5 Å². The molecule has 2 aromatic rings. The molecule has 11 nitrogen and oxygen atoms in total. The fraction of sp³-hybridized carbons (Fsp3) is 0.440. The molecule has 3 N–H and O–H groups in total. The van der Waals surface area contributed by atoms with Crippen molar-refractivity contribution in [2.75, 3.05) is 50.1 Å². The molecule has 1 heterocycles. The average molecular weight is 535 g/mol. The fourth-order valence-corrected chi connectivity index (χ4v) is 4.52. The molecule has 37 heavy (non-hydrogen) atoms. The fourth-order valence-electron chi connectivity index (χ4n) is 3.96. The number of urea groups is 1. The lowest BCUT2D eigenvalue weighted by Gasteiger charge is -2.38. The summed E-state index contributed by atoms with van der Waals surface area (Å²) in [5, 5.41) is 12.6. The first-order chi connectivity index (χ1) is 17.4. The van der Waals surface area contributed by atoms with Gasteiger partial charge in [0.25, 0.3) is 5.91 Å². The van der Waals surface area contributed by atoms with Crippen LogP contribution in [-0.2, 0) is 10.0 Å². The molecule has 1 aliphatic heterocycles. The third-order valence-corrected chi connectivity index (χ3v) is 6.72. The van der Waals surface area contributed by atoms with Crippen LogP contribution in [0.5, 0.6) is 11.5 Å². The van der Waals surface area contributed by atoms with Crippen LogP contribution in [0.3, 0.4) is 0 Å². The summed E-state index contributed by atoms with van der Waals surface area (Å²) in [4.78, 5) is 29.3. The molecule has 202 valence electrons. The Hall–Kier alpha value is -3.51. The Morgan fingerprint density at radius 2 is 1.89 bits per heavy atom. The number of rotatable bonds is 8. The highest BCUT2D eigenvalue weighted by atomic mass is 32.2. The second-order valence-electron chi connectivity index (χ2n) is 9.25. The quantitative estimate of drug-likeness (QED) is 0.473. The van der Waals surface area contributed by atoms with Gasteiger partial charge in [0.05, 0.1) is 38.1 Å². The number of benzene rings is 2. The first kappa shape index (κ1) is 28.1. The van der Waals surface area contributed by atoms with Crippen LogP contribution in [0, 0.1) is 5.92 Å². The molecule has 3 amide bonds. The van der Waals surface area contributed by atoms with E-state index in [1.807, 2.05) is 6.92 Å². The van der Waals surface area contributed by atoms with Gasteiger partial charge in [-0.2, -0.15) is 0 Å². The van der Waals surface area contributed by atoms with Crippen molar-refractivity contribution in [3.8, 4) is 11.5 Å². The van der Waals surface area contributed by atoms with Crippen molar-refractivity contribution in [1.82, 2.24) is 9.80 Å². The summed E-state index contributed by atoms with van der Waals surface area (Å²) in [6.45, 7) is 3.87. The zero-order valence-electron chi connectivity index (χ0n) is 21.6. The van der Waals surface area contributed by atoms with Crippen molar-refractivity contribution in [2.24, 2.45) is 5.92 Å². The standard InChI is InChI=1S/C25H34N4O7S/c1-16-13-29(17(2)15-30)24(31)21-12-19(27-37(5,33)34)8-11-22(21)36-23(16)14-28(3)25(32)26-18-6-9-20(35-4)10-7-18/h6-12,16-17,23,27,30H,13-15H2,1-5H3,(H,26,32)/t16-,17+,23-/m1/s1. The summed E-state index contributed by atoms with van der Waals surface area (Å²) < 4.78 is 37.2. The number of sulfonamides is 1. The van der Waals surface area contributed by atoms with E-state index in [9.17, 15) is 23.1 Å². The van der Waals surface area contributed by atoms with Crippen LogP contribution in [0.4, 0.5) is 16.2 Å². The first-order valence-corrected chi connectivity index (χ1v) is 13.7. The highest BCUT2D eigenvalue weighted by molar-refractivity contribution is 7.92. The van der Waals surface area contributed by atoms with E-state index in [4.69, 9.17) is 9.47 Å². The van der Waals surface area contributed by atoms with E-state index in [2.05, 4.69) is 10.0 Å². The van der Waals surface area contributed by atoms with Gasteiger partial charge >= 0.3 is 6.03 Å². The smallest absolute Gasteiger partial charge is 0.321 e. The highest BCUT2D eigenvalue weighted by Gasteiger charge is 2.34. The van der Waals surface area contributed by atoms with Crippen LogP contribution in [0.15, 0.2) is 42.5 Å². The summed E-state index contributed by atoms with van der Waals surface area (Å²) in [6, 6.07) is 10.6. The summed E-state index contributed by atoms with van der Waals surface area (Å²) in [6.07, 6.45) is 0.521. The number of amides is 3. The largest absolute Gasteiger partial charge is 0.497 e. The molecular formula is C25H34N4O7S. The van der Waals surface area contributed by atoms with Gasteiger partial charge in [0, 0.05) is 30.9 Å². The SMILES string of the molecule is COc1ccc(NC(=O)N(C)C[C@H]2Oc3ccc(NS(C)(=O)=O)cc3C(=O)N([C@@H](C)CO)C[C@H]2C)cc1. The molecule has 0 saturated heterocycles. The molecule has 12 heteroatoms. The van der Waals surface area contributed by atoms with Crippen LogP contribution in [0.25, 0.3) is 0 Å². The van der Waals surface area contributed by atoms with Crippen LogP contribution in [0.2, 0.25) is 0 Å². The van der Waals surface area contributed by atoms with Gasteiger partial charge in [0.15, 0.2) is 0 Å². The number of nitrogens with one attached hydrogen (secondary N) is 2. The minimum absolute atomic E-state index is 0.163. The molecule has 0 fully saturated rings. The molecule has 3 rings (SSSR count). The molecule has 0 saturated carbocycles. The van der Waals surface area contributed by atoms with Gasteiger partial charge in [-0.15, -0.1) is 0 Å². The minimum Gasteiger partial charge on any atom is -0.497 e. The summed E-state index contributed by atoms with van der Waals surface area (Å²) in [5.41, 5.74) is 0.987. The number of anilines is 2. The van der Waals surface area contributed by atoms with Crippen molar-refractivity contribution in [3.05, 3.63) is 48.0 Å². The molecule has 0 spiro atoms. The number of fused-ring (bicyclic) bond motifs is 1. The maximum Gasteiger partial charge on any atom is 0.321 e. The van der Waals surface area contributed by atoms with E-state index in [1.54, 1.807) is 50.2 Å². The Morgan fingerprint density at radius 1 is 1.24 bits per heavy atom. The second kappa shape index (κ2) is 11.7. The molecule has 0 bridgehead atoms. The molecule has 0 aromatic heterocycles. The van der Waals surface area contributed by atoms with E-state index in [1.165, 1.54) is 23.1 Å². The number of aliphatic hydroxyl groups is 1. The third-order valence-electron chi connectivity index (χ3n) is 6.11. The zero-order chi connectivity index (χ0) is 27.3. The van der Waals surface area contributed by atoms with Crippen LogP contribution in [0.1, 0.15) is 24.2 Å². The van der Waals surface area contributed by atoms with Gasteiger partial charge in [-0.3, -0.25) is 9.52 Å². The Bertz CT molecular complexity index is 1220. The second-order valence-corrected chi connectivity index (χ2v) is 11.0. The topological polar surface area (TPSA) is 138 Å². The van der Waals surface area contributed by atoms with Gasteiger partial charge in [0.1, 0.15) is 17.6 Å². The number of likely N-dealkylation sites (N-methyl/N-ethyl adjacent to an activating group) is 1. The van der Waals surface area contributed by atoms with Gasteiger partial charge in [-0.05, 0) is 49.4 Å². The number of methoxy groups -OCH3 is 1. The Balaban J connectivity index is 1.86. The average Bonchev–Trinajstić information content (AvgIpc) is 2.85. The minimum atomic E-state index is -3.56. The molecule has 3 atom stereocenters. The first-order valence-electron chi connectivity index (χ1n) is 11.8. The van der Waals surface area contributed by atoms with Crippen molar-refractivity contribution in [3.63, 3.8) is 0 Å². The van der Waals surface area contributed by atoms with Gasteiger partial charge in [-0.1, -0.05) is 6.92 Å². The number of carbonyl (C=O) groups is 2. The van der Waals surface area contributed by atoms with E-state index < -0.39 is 22.2 Å². The number of nitrogens with zero attached hydrogens (tertiary/aromatic N) is 2. The number of aliphatic hydroxyl groups excluding tert-OH is 1. The molecular weight excluding hydrogens is 500 g/mol. The zero-order valence-corrected chi connectivity index (χ0v) is 22.4. The molecule has 2 aromatic carbocycles. The maximum absolute atomic E-state index is 13.4. The molecule has 1 aliphatic rings. The third kappa shape index (κ3) is 7.26. The predicted octanol–water partition coefficient (Wildman–Crippen LogP) is 2.45. The Kier molecular flexibility index (Phi) is 8.87. The van der Waals surface area contributed by atoms with Gasteiger partial charge in [0.2, 0.25) is 10.0 Å². The van der Waals surface area contributed by atoms with Crippen LogP contribution in [-0.4, -0.2) is 87.5 Å².